The van der Waals surface area contributed by atoms with Crippen molar-refractivity contribution < 1.29 is 24.1 Å². The fraction of sp³-hybridized carbons (Fsp3) is 0.400. The zero-order valence-corrected chi connectivity index (χ0v) is 17.7. The van der Waals surface area contributed by atoms with Gasteiger partial charge in [0, 0.05) is 27.7 Å². The first-order valence-corrected chi connectivity index (χ1v) is 10.7. The highest BCUT2D eigenvalue weighted by Crippen LogP contribution is 2.55. The Hall–Kier alpha value is -2.86. The van der Waals surface area contributed by atoms with Crippen molar-refractivity contribution in [3.05, 3.63) is 59.5 Å². The highest BCUT2D eigenvalue weighted by atomic mass is 19.1. The minimum absolute atomic E-state index is 0.177. The molecule has 0 radical (unpaired) electrons. The number of aromatic hydroxyl groups is 1. The lowest BCUT2D eigenvalue weighted by molar-refractivity contribution is -0.149. The summed E-state index contributed by atoms with van der Waals surface area (Å²) >= 11 is 0. The van der Waals surface area contributed by atoms with E-state index in [0.29, 0.717) is 32.3 Å². The molecule has 1 aliphatic carbocycles. The van der Waals surface area contributed by atoms with Crippen LogP contribution in [0.1, 0.15) is 50.8 Å². The lowest BCUT2D eigenvalue weighted by atomic mass is 9.69. The molecule has 1 fully saturated rings. The summed E-state index contributed by atoms with van der Waals surface area (Å²) in [5.41, 5.74) is 2.65. The summed E-state index contributed by atoms with van der Waals surface area (Å²) in [6.45, 7) is 4.70. The summed E-state index contributed by atoms with van der Waals surface area (Å²) in [7, 11) is 0. The van der Waals surface area contributed by atoms with Crippen LogP contribution in [-0.4, -0.2) is 27.4 Å². The van der Waals surface area contributed by atoms with E-state index >= 15 is 0 Å². The van der Waals surface area contributed by atoms with Gasteiger partial charge in [0.15, 0.2) is 0 Å². The first-order chi connectivity index (χ1) is 14.7. The quantitative estimate of drug-likeness (QED) is 0.590. The summed E-state index contributed by atoms with van der Waals surface area (Å²) in [5, 5.41) is 21.2. The highest BCUT2D eigenvalue weighted by molar-refractivity contribution is 5.94. The third-order valence-electron chi connectivity index (χ3n) is 7.01. The first kappa shape index (κ1) is 20.1. The Morgan fingerprint density at radius 1 is 1.13 bits per heavy atom. The average Bonchev–Trinajstić information content (AvgIpc) is 3.11. The van der Waals surface area contributed by atoms with Gasteiger partial charge in [-0.05, 0) is 62.1 Å². The lowest BCUT2D eigenvalue weighted by Gasteiger charge is -2.47. The van der Waals surface area contributed by atoms with E-state index in [1.54, 1.807) is 18.2 Å². The second kappa shape index (κ2) is 6.82. The number of carbonyl (C=O) groups is 1. The Balaban J connectivity index is 1.81. The Morgan fingerprint density at radius 3 is 2.45 bits per heavy atom. The van der Waals surface area contributed by atoms with E-state index in [4.69, 9.17) is 4.74 Å². The van der Waals surface area contributed by atoms with Gasteiger partial charge in [-0.2, -0.15) is 0 Å². The molecule has 1 spiro atoms. The van der Waals surface area contributed by atoms with Crippen molar-refractivity contribution in [3.63, 3.8) is 0 Å². The molecule has 5 nitrogen and oxygen atoms in total. The van der Waals surface area contributed by atoms with Crippen molar-refractivity contribution in [1.82, 2.24) is 4.57 Å². The molecule has 5 rings (SSSR count). The van der Waals surface area contributed by atoms with E-state index in [1.807, 2.05) is 12.1 Å². The summed E-state index contributed by atoms with van der Waals surface area (Å²) in [5.74, 6) is -1.26. The standard InChI is InChI=1S/C25H26FNO4/c1-24(2)14-31-25(12-10-15(11-13-25)23(29)30)21-20-18(4-3-5-19(20)28)27(22(21)24)17-8-6-16(26)7-9-17/h3-9,15,28H,10-14H2,1-2H3,(H,29,30)/t15-,25-. The second-order valence-corrected chi connectivity index (χ2v) is 9.49. The van der Waals surface area contributed by atoms with Crippen molar-refractivity contribution in [2.45, 2.75) is 50.5 Å². The smallest absolute Gasteiger partial charge is 0.306 e. The number of ether oxygens (including phenoxy) is 1. The van der Waals surface area contributed by atoms with Gasteiger partial charge in [-0.15, -0.1) is 0 Å². The second-order valence-electron chi connectivity index (χ2n) is 9.49. The van der Waals surface area contributed by atoms with Gasteiger partial charge in [-0.25, -0.2) is 4.39 Å². The predicted octanol–water partition coefficient (Wildman–Crippen LogP) is 5.25. The number of nitrogens with zero attached hydrogens (tertiary/aromatic N) is 1. The van der Waals surface area contributed by atoms with E-state index in [-0.39, 0.29) is 22.9 Å². The Bertz CT molecular complexity index is 1170. The van der Waals surface area contributed by atoms with Crippen molar-refractivity contribution in [1.29, 1.82) is 0 Å². The van der Waals surface area contributed by atoms with Gasteiger partial charge in [0.25, 0.3) is 0 Å². The summed E-state index contributed by atoms with van der Waals surface area (Å²) in [4.78, 5) is 11.5. The predicted molar refractivity (Wildman–Crippen MR) is 115 cm³/mol. The fourth-order valence-corrected chi connectivity index (χ4v) is 5.45. The topological polar surface area (TPSA) is 71.7 Å². The number of carboxylic acid groups (broad SMARTS) is 1. The number of benzene rings is 2. The fourth-order valence-electron chi connectivity index (χ4n) is 5.45. The SMILES string of the molecule is CC1(C)CO[C@]2(CC[C@H](C(=O)O)CC2)c2c1n(-c1ccc(F)cc1)c1cccc(O)c12. The number of aliphatic carboxylic acids is 1. The number of halogens is 1. The Kier molecular flexibility index (Phi) is 4.42. The number of hydrogen-bond donors (Lipinski definition) is 2. The van der Waals surface area contributed by atoms with Crippen LogP contribution in [0.3, 0.4) is 0 Å². The van der Waals surface area contributed by atoms with Crippen molar-refractivity contribution >= 4 is 16.9 Å². The number of phenolic OH excluding ortho intramolecular Hbond substituents is 1. The summed E-state index contributed by atoms with van der Waals surface area (Å²) in [6.07, 6.45) is 2.24. The molecule has 3 aromatic rings. The minimum Gasteiger partial charge on any atom is -0.507 e. The van der Waals surface area contributed by atoms with Crippen molar-refractivity contribution in [2.24, 2.45) is 5.92 Å². The van der Waals surface area contributed by atoms with Crippen LogP contribution in [-0.2, 0) is 20.5 Å². The number of aromatic nitrogens is 1. The van der Waals surface area contributed by atoms with Crippen LogP contribution < -0.4 is 0 Å². The third-order valence-corrected chi connectivity index (χ3v) is 7.01. The highest BCUT2D eigenvalue weighted by Gasteiger charge is 2.50. The van der Waals surface area contributed by atoms with Crippen LogP contribution >= 0.6 is 0 Å². The molecule has 0 saturated heterocycles. The van der Waals surface area contributed by atoms with Gasteiger partial charge < -0.3 is 19.5 Å². The molecule has 1 aromatic heterocycles. The van der Waals surface area contributed by atoms with Gasteiger partial charge in [-0.3, -0.25) is 4.79 Å². The first-order valence-electron chi connectivity index (χ1n) is 10.7. The summed E-state index contributed by atoms with van der Waals surface area (Å²) < 4.78 is 22.3. The molecule has 6 heteroatoms. The number of hydrogen-bond acceptors (Lipinski definition) is 3. The molecular weight excluding hydrogens is 397 g/mol. The molecule has 162 valence electrons. The molecule has 0 unspecified atom stereocenters. The van der Waals surface area contributed by atoms with Crippen LogP contribution in [0.4, 0.5) is 4.39 Å². The molecule has 2 aliphatic rings. The van der Waals surface area contributed by atoms with Crippen LogP contribution in [0.25, 0.3) is 16.6 Å². The molecule has 0 atom stereocenters. The van der Waals surface area contributed by atoms with Crippen LogP contribution in [0.5, 0.6) is 5.75 Å². The Labute approximate surface area is 180 Å². The number of phenols is 1. The molecule has 2 heterocycles. The lowest BCUT2D eigenvalue weighted by Crippen LogP contribution is -2.46. The largest absolute Gasteiger partial charge is 0.507 e. The van der Waals surface area contributed by atoms with E-state index in [0.717, 1.165) is 27.8 Å². The summed E-state index contributed by atoms with van der Waals surface area (Å²) in [6, 6.07) is 11.8. The maximum absolute atomic E-state index is 13.7. The van der Waals surface area contributed by atoms with E-state index in [1.165, 1.54) is 12.1 Å². The van der Waals surface area contributed by atoms with Gasteiger partial charge in [0.05, 0.1) is 23.6 Å². The minimum atomic E-state index is -0.761. The Morgan fingerprint density at radius 2 is 1.81 bits per heavy atom. The van der Waals surface area contributed by atoms with Gasteiger partial charge in [0.2, 0.25) is 0 Å². The molecule has 2 aromatic carbocycles. The van der Waals surface area contributed by atoms with Crippen LogP contribution in [0.15, 0.2) is 42.5 Å². The van der Waals surface area contributed by atoms with Gasteiger partial charge in [-0.1, -0.05) is 19.9 Å². The van der Waals surface area contributed by atoms with Gasteiger partial charge in [0.1, 0.15) is 11.6 Å². The van der Waals surface area contributed by atoms with E-state index in [2.05, 4.69) is 18.4 Å². The van der Waals surface area contributed by atoms with Crippen LogP contribution in [0.2, 0.25) is 0 Å². The number of fused-ring (bicyclic) bond motifs is 4. The normalized spacial score (nSPS) is 24.9. The third kappa shape index (κ3) is 2.96. The van der Waals surface area contributed by atoms with Crippen molar-refractivity contribution in [3.8, 4) is 11.4 Å². The molecule has 31 heavy (non-hydrogen) atoms. The monoisotopic (exact) mass is 423 g/mol. The number of rotatable bonds is 2. The maximum Gasteiger partial charge on any atom is 0.306 e. The molecule has 1 saturated carbocycles. The zero-order chi connectivity index (χ0) is 22.0. The van der Waals surface area contributed by atoms with Gasteiger partial charge >= 0.3 is 5.97 Å². The molecule has 0 bridgehead atoms. The van der Waals surface area contributed by atoms with E-state index in [9.17, 15) is 19.4 Å². The van der Waals surface area contributed by atoms with Crippen molar-refractivity contribution in [2.75, 3.05) is 6.61 Å². The average molecular weight is 423 g/mol. The van der Waals surface area contributed by atoms with Crippen LogP contribution in [0, 0.1) is 11.7 Å². The molecule has 0 amide bonds. The zero-order valence-electron chi connectivity index (χ0n) is 17.7. The maximum atomic E-state index is 13.7. The molecule has 1 aliphatic heterocycles. The molecular formula is C25H26FNO4. The van der Waals surface area contributed by atoms with E-state index < -0.39 is 11.6 Å². The number of carboxylic acids is 1. The molecule has 2 N–H and O–H groups in total.